The molecule has 0 amide bonds. The molecule has 2 aliphatic carbocycles. The fourth-order valence-corrected chi connectivity index (χ4v) is 6.38. The molecule has 0 bridgehead atoms. The lowest BCUT2D eigenvalue weighted by Crippen LogP contribution is -2.32. The van der Waals surface area contributed by atoms with E-state index >= 15 is 0 Å². The highest BCUT2D eigenvalue weighted by molar-refractivity contribution is 6.02. The van der Waals surface area contributed by atoms with Gasteiger partial charge in [0, 0.05) is 22.6 Å². The Labute approximate surface area is 209 Å². The third kappa shape index (κ3) is 4.47. The molecule has 3 aromatic carbocycles. The van der Waals surface area contributed by atoms with Crippen molar-refractivity contribution in [2.24, 2.45) is 4.99 Å². The van der Waals surface area contributed by atoms with Crippen LogP contribution in [-0.2, 0) is 0 Å². The van der Waals surface area contributed by atoms with Crippen LogP contribution < -0.4 is 5.49 Å². The van der Waals surface area contributed by atoms with Crippen molar-refractivity contribution >= 4 is 10.9 Å². The summed E-state index contributed by atoms with van der Waals surface area (Å²) in [6.45, 7) is 0. The maximum Gasteiger partial charge on any atom is 0.137 e. The molecule has 2 aliphatic rings. The predicted molar refractivity (Wildman–Crippen MR) is 147 cm³/mol. The molecular formula is C33H36N2. The van der Waals surface area contributed by atoms with E-state index in [2.05, 4.69) is 89.5 Å². The van der Waals surface area contributed by atoms with Gasteiger partial charge in [0.05, 0.1) is 11.6 Å². The summed E-state index contributed by atoms with van der Waals surface area (Å²) in [4.78, 5) is 5.67. The van der Waals surface area contributed by atoms with Crippen molar-refractivity contribution in [2.45, 2.75) is 76.3 Å². The van der Waals surface area contributed by atoms with Gasteiger partial charge in [-0.3, -0.25) is 4.99 Å². The number of fused-ring (bicyclic) bond motifs is 1. The van der Waals surface area contributed by atoms with Crippen molar-refractivity contribution in [1.82, 2.24) is 4.57 Å². The normalized spacial score (nSPS) is 18.2. The average Bonchev–Trinajstić information content (AvgIpc) is 2.94. The highest BCUT2D eigenvalue weighted by atomic mass is 15.1. The molecule has 0 aliphatic heterocycles. The molecule has 2 saturated carbocycles. The van der Waals surface area contributed by atoms with E-state index in [1.54, 1.807) is 0 Å². The fraction of sp³-hybridized carbons (Fsp3) is 0.364. The van der Waals surface area contributed by atoms with Crippen molar-refractivity contribution < 1.29 is 0 Å². The monoisotopic (exact) mass is 460 g/mol. The number of pyridine rings is 1. The van der Waals surface area contributed by atoms with Crippen LogP contribution in [0.1, 0.15) is 70.3 Å². The Balaban J connectivity index is 1.76. The molecule has 35 heavy (non-hydrogen) atoms. The molecule has 0 radical (unpaired) electrons. The zero-order valence-electron chi connectivity index (χ0n) is 20.7. The number of rotatable bonds is 4. The van der Waals surface area contributed by atoms with Gasteiger partial charge in [0.25, 0.3) is 0 Å². The Morgan fingerprint density at radius 3 is 1.74 bits per heavy atom. The molecule has 2 heteroatoms. The van der Waals surface area contributed by atoms with Crippen molar-refractivity contribution in [3.63, 3.8) is 0 Å². The zero-order chi connectivity index (χ0) is 23.5. The Hall–Kier alpha value is -3.13. The van der Waals surface area contributed by atoms with E-state index in [0.717, 1.165) is 0 Å². The number of hydrogen-bond acceptors (Lipinski definition) is 1. The van der Waals surface area contributed by atoms with Gasteiger partial charge >= 0.3 is 0 Å². The average molecular weight is 461 g/mol. The summed E-state index contributed by atoms with van der Waals surface area (Å²) >= 11 is 0. The summed E-state index contributed by atoms with van der Waals surface area (Å²) in [6.07, 6.45) is 12.9. The van der Waals surface area contributed by atoms with Crippen molar-refractivity contribution in [3.8, 4) is 22.3 Å². The highest BCUT2D eigenvalue weighted by Gasteiger charge is 2.24. The minimum atomic E-state index is 0.422. The molecule has 0 spiro atoms. The molecule has 0 atom stereocenters. The van der Waals surface area contributed by atoms with Crippen LogP contribution in [0.25, 0.3) is 33.2 Å². The van der Waals surface area contributed by atoms with E-state index < -0.39 is 0 Å². The number of aromatic nitrogens is 1. The van der Waals surface area contributed by atoms with Gasteiger partial charge < -0.3 is 4.57 Å². The highest BCUT2D eigenvalue weighted by Crippen LogP contribution is 2.39. The first kappa shape index (κ1) is 22.3. The lowest BCUT2D eigenvalue weighted by Gasteiger charge is -2.30. The van der Waals surface area contributed by atoms with Gasteiger partial charge in [0.2, 0.25) is 0 Å². The Morgan fingerprint density at radius 2 is 1.09 bits per heavy atom. The number of para-hydroxylation sites is 1. The molecule has 4 aromatic rings. The maximum atomic E-state index is 5.67. The first-order chi connectivity index (χ1) is 17.4. The number of benzene rings is 3. The van der Waals surface area contributed by atoms with Gasteiger partial charge in [-0.2, -0.15) is 0 Å². The summed E-state index contributed by atoms with van der Waals surface area (Å²) in [5.74, 6) is 0. The molecule has 2 fully saturated rings. The van der Waals surface area contributed by atoms with Gasteiger partial charge in [-0.1, -0.05) is 117 Å². The van der Waals surface area contributed by atoms with E-state index in [1.807, 2.05) is 0 Å². The van der Waals surface area contributed by atoms with E-state index in [-0.39, 0.29) is 0 Å². The molecule has 0 unspecified atom stereocenters. The minimum Gasteiger partial charge on any atom is -0.322 e. The smallest absolute Gasteiger partial charge is 0.137 e. The first-order valence-corrected chi connectivity index (χ1v) is 13.7. The zero-order valence-corrected chi connectivity index (χ0v) is 20.7. The topological polar surface area (TPSA) is 17.3 Å². The summed E-state index contributed by atoms with van der Waals surface area (Å²) < 4.78 is 2.66. The molecule has 0 saturated heterocycles. The first-order valence-electron chi connectivity index (χ1n) is 13.7. The van der Waals surface area contributed by atoms with Crippen LogP contribution >= 0.6 is 0 Å². The molecule has 6 rings (SSSR count). The molecular weight excluding hydrogens is 424 g/mol. The van der Waals surface area contributed by atoms with E-state index in [0.29, 0.717) is 12.1 Å². The fourth-order valence-electron chi connectivity index (χ4n) is 6.38. The van der Waals surface area contributed by atoms with Gasteiger partial charge in [-0.15, -0.1) is 0 Å². The van der Waals surface area contributed by atoms with Crippen molar-refractivity contribution in [3.05, 3.63) is 90.4 Å². The van der Waals surface area contributed by atoms with Gasteiger partial charge in [0.15, 0.2) is 0 Å². The van der Waals surface area contributed by atoms with Crippen LogP contribution in [0.2, 0.25) is 0 Å². The van der Waals surface area contributed by atoms with Crippen LogP contribution in [0.15, 0.2) is 89.9 Å². The summed E-state index contributed by atoms with van der Waals surface area (Å²) in [5.41, 5.74) is 7.75. The molecule has 2 nitrogen and oxygen atoms in total. The largest absolute Gasteiger partial charge is 0.322 e. The standard InChI is InChI=1S/C33H36N2/c1-5-15-25(16-6-1)31-29-23-13-14-24-30(29)35(28-21-11-4-12-22-28)33(34-27-19-9-3-10-20-27)32(31)26-17-7-2-8-18-26/h1-2,5-8,13-18,23-24,27-28H,3-4,9-12,19-22H2. The van der Waals surface area contributed by atoms with E-state index in [9.17, 15) is 0 Å². The molecule has 1 heterocycles. The van der Waals surface area contributed by atoms with Crippen LogP contribution in [-0.4, -0.2) is 10.6 Å². The second kappa shape index (κ2) is 10.2. The Morgan fingerprint density at radius 1 is 0.543 bits per heavy atom. The summed E-state index contributed by atoms with van der Waals surface area (Å²) in [7, 11) is 0. The van der Waals surface area contributed by atoms with Gasteiger partial charge in [-0.05, 0) is 42.9 Å². The summed E-state index contributed by atoms with van der Waals surface area (Å²) in [6, 6.07) is 32.0. The van der Waals surface area contributed by atoms with Gasteiger partial charge in [-0.25, -0.2) is 0 Å². The Bertz CT molecular complexity index is 1340. The third-order valence-corrected chi connectivity index (χ3v) is 8.08. The number of hydrogen-bond donors (Lipinski definition) is 0. The summed E-state index contributed by atoms with van der Waals surface area (Å²) in [5, 5.41) is 1.34. The lowest BCUT2D eigenvalue weighted by atomic mass is 9.89. The van der Waals surface area contributed by atoms with Crippen LogP contribution in [0.3, 0.4) is 0 Å². The molecule has 178 valence electrons. The van der Waals surface area contributed by atoms with Crippen molar-refractivity contribution in [2.75, 3.05) is 0 Å². The molecule has 0 N–H and O–H groups in total. The second-order valence-corrected chi connectivity index (χ2v) is 10.4. The van der Waals surface area contributed by atoms with Gasteiger partial charge in [0.1, 0.15) is 5.49 Å². The number of nitrogens with zero attached hydrogens (tertiary/aromatic N) is 2. The minimum absolute atomic E-state index is 0.422. The maximum absolute atomic E-state index is 5.67. The SMILES string of the molecule is c1ccc(-c2c(-c3ccccc3)c3ccccc3n(C3CCCCC3)c2=NC2CCCCC2)cc1. The van der Waals surface area contributed by atoms with E-state index in [1.165, 1.54) is 103 Å². The molecule has 1 aromatic heterocycles. The predicted octanol–water partition coefficient (Wildman–Crippen LogP) is 8.71. The van der Waals surface area contributed by atoms with E-state index in [4.69, 9.17) is 4.99 Å². The third-order valence-electron chi connectivity index (χ3n) is 8.08. The van der Waals surface area contributed by atoms with Crippen LogP contribution in [0.5, 0.6) is 0 Å². The van der Waals surface area contributed by atoms with Crippen molar-refractivity contribution in [1.29, 1.82) is 0 Å². The Kier molecular flexibility index (Phi) is 6.53. The second-order valence-electron chi connectivity index (χ2n) is 10.4. The quantitative estimate of drug-likeness (QED) is 0.290. The lowest BCUT2D eigenvalue weighted by molar-refractivity contribution is 0.348. The van der Waals surface area contributed by atoms with Crippen LogP contribution in [0.4, 0.5) is 0 Å². The van der Waals surface area contributed by atoms with Crippen LogP contribution in [0, 0.1) is 0 Å².